The van der Waals surface area contributed by atoms with Crippen LogP contribution in [0.5, 0.6) is 0 Å². The summed E-state index contributed by atoms with van der Waals surface area (Å²) in [6.07, 6.45) is 0.483. The molecule has 118 valence electrons. The lowest BCUT2D eigenvalue weighted by molar-refractivity contribution is -0.146. The molecule has 1 rings (SSSR count). The Balaban J connectivity index is 0.00000400. The molecule has 0 aliphatic heterocycles. The number of rotatable bonds is 6. The normalized spacial score (nSPS) is 12.8. The Morgan fingerprint density at radius 1 is 1.29 bits per heavy atom. The summed E-state index contributed by atoms with van der Waals surface area (Å²) >= 11 is 0. The van der Waals surface area contributed by atoms with E-state index < -0.39 is 6.04 Å². The van der Waals surface area contributed by atoms with E-state index in [-0.39, 0.29) is 30.2 Å². The molecule has 21 heavy (non-hydrogen) atoms. The van der Waals surface area contributed by atoms with Gasteiger partial charge in [-0.1, -0.05) is 37.3 Å². The van der Waals surface area contributed by atoms with Gasteiger partial charge >= 0.3 is 5.97 Å². The molecule has 2 atom stereocenters. The summed E-state index contributed by atoms with van der Waals surface area (Å²) in [5.74, 6) is -0.872. The van der Waals surface area contributed by atoms with E-state index in [9.17, 15) is 9.59 Å². The summed E-state index contributed by atoms with van der Waals surface area (Å²) < 4.78 is 4.64. The number of esters is 1. The van der Waals surface area contributed by atoms with Gasteiger partial charge in [0.15, 0.2) is 0 Å². The standard InChI is InChI=1S/C15H22N2O3.ClH/c1-11(15(19)20-3)10-17(2)14(18)13(16)9-12-7-5-4-6-8-12;/h4-8,11,13H,9-10,16H2,1-3H3;1H. The van der Waals surface area contributed by atoms with E-state index in [0.717, 1.165) is 5.56 Å². The summed E-state index contributed by atoms with van der Waals surface area (Å²) in [7, 11) is 2.98. The number of carbonyl (C=O) groups excluding carboxylic acids is 2. The predicted octanol–water partition coefficient (Wildman–Crippen LogP) is 1.25. The van der Waals surface area contributed by atoms with Gasteiger partial charge in [-0.2, -0.15) is 0 Å². The lowest BCUT2D eigenvalue weighted by Crippen LogP contribution is -2.45. The smallest absolute Gasteiger partial charge is 0.310 e. The van der Waals surface area contributed by atoms with E-state index in [2.05, 4.69) is 4.74 Å². The molecule has 1 aromatic carbocycles. The van der Waals surface area contributed by atoms with Crippen molar-refractivity contribution in [2.45, 2.75) is 19.4 Å². The third-order valence-corrected chi connectivity index (χ3v) is 3.14. The van der Waals surface area contributed by atoms with Crippen molar-refractivity contribution in [3.63, 3.8) is 0 Å². The maximum absolute atomic E-state index is 12.1. The summed E-state index contributed by atoms with van der Waals surface area (Å²) in [4.78, 5) is 25.0. The van der Waals surface area contributed by atoms with E-state index in [0.29, 0.717) is 13.0 Å². The van der Waals surface area contributed by atoms with Crippen LogP contribution in [-0.2, 0) is 20.7 Å². The third-order valence-electron chi connectivity index (χ3n) is 3.14. The average molecular weight is 315 g/mol. The van der Waals surface area contributed by atoms with Crippen LogP contribution in [0.2, 0.25) is 0 Å². The minimum absolute atomic E-state index is 0. The number of methoxy groups -OCH3 is 1. The fraction of sp³-hybridized carbons (Fsp3) is 0.467. The van der Waals surface area contributed by atoms with Crippen molar-refractivity contribution in [2.24, 2.45) is 11.7 Å². The number of halogens is 1. The number of carbonyl (C=O) groups is 2. The van der Waals surface area contributed by atoms with E-state index >= 15 is 0 Å². The van der Waals surface area contributed by atoms with Gasteiger partial charge in [-0.15, -0.1) is 12.4 Å². The van der Waals surface area contributed by atoms with Gasteiger partial charge in [-0.05, 0) is 12.0 Å². The Morgan fingerprint density at radius 2 is 1.86 bits per heavy atom. The second kappa shape index (κ2) is 9.37. The number of likely N-dealkylation sites (N-methyl/N-ethyl adjacent to an activating group) is 1. The van der Waals surface area contributed by atoms with Crippen molar-refractivity contribution in [2.75, 3.05) is 20.7 Å². The zero-order valence-corrected chi connectivity index (χ0v) is 13.4. The number of hydrogen-bond donors (Lipinski definition) is 1. The van der Waals surface area contributed by atoms with Gasteiger partial charge in [0.1, 0.15) is 0 Å². The highest BCUT2D eigenvalue weighted by molar-refractivity contribution is 5.85. The molecular weight excluding hydrogens is 292 g/mol. The van der Waals surface area contributed by atoms with Crippen molar-refractivity contribution in [3.8, 4) is 0 Å². The van der Waals surface area contributed by atoms with Gasteiger partial charge < -0.3 is 15.4 Å². The molecule has 0 aliphatic rings. The maximum atomic E-state index is 12.1. The van der Waals surface area contributed by atoms with Gasteiger partial charge in [-0.25, -0.2) is 0 Å². The van der Waals surface area contributed by atoms with E-state index in [1.54, 1.807) is 14.0 Å². The zero-order valence-electron chi connectivity index (χ0n) is 12.6. The summed E-state index contributed by atoms with van der Waals surface area (Å²) in [6.45, 7) is 2.02. The van der Waals surface area contributed by atoms with Gasteiger partial charge in [0, 0.05) is 13.6 Å². The lowest BCUT2D eigenvalue weighted by Gasteiger charge is -2.23. The largest absolute Gasteiger partial charge is 0.469 e. The summed E-state index contributed by atoms with van der Waals surface area (Å²) in [6, 6.07) is 9.01. The minimum Gasteiger partial charge on any atom is -0.469 e. The Labute approximate surface area is 131 Å². The first-order chi connectivity index (χ1) is 9.45. The first kappa shape index (κ1) is 19.4. The van der Waals surface area contributed by atoms with Crippen LogP contribution in [0.15, 0.2) is 30.3 Å². The molecule has 0 radical (unpaired) electrons. The number of amides is 1. The molecule has 0 spiro atoms. The molecule has 0 fully saturated rings. The summed E-state index contributed by atoms with van der Waals surface area (Å²) in [5.41, 5.74) is 6.94. The van der Waals surface area contributed by atoms with Gasteiger partial charge in [0.25, 0.3) is 0 Å². The van der Waals surface area contributed by atoms with E-state index in [4.69, 9.17) is 5.73 Å². The Hall–Kier alpha value is -1.59. The number of nitrogens with two attached hydrogens (primary N) is 1. The van der Waals surface area contributed by atoms with Crippen molar-refractivity contribution in [1.82, 2.24) is 4.90 Å². The van der Waals surface area contributed by atoms with Crippen LogP contribution in [-0.4, -0.2) is 43.5 Å². The zero-order chi connectivity index (χ0) is 15.1. The number of ether oxygens (including phenoxy) is 1. The Bertz CT molecular complexity index is 453. The highest BCUT2D eigenvalue weighted by Crippen LogP contribution is 2.06. The molecule has 6 heteroatoms. The van der Waals surface area contributed by atoms with Crippen molar-refractivity contribution in [1.29, 1.82) is 0 Å². The molecule has 0 saturated carbocycles. The van der Waals surface area contributed by atoms with Crippen molar-refractivity contribution in [3.05, 3.63) is 35.9 Å². The molecule has 1 amide bonds. The molecule has 5 nitrogen and oxygen atoms in total. The molecule has 0 aromatic heterocycles. The van der Waals surface area contributed by atoms with Crippen molar-refractivity contribution >= 4 is 24.3 Å². The fourth-order valence-electron chi connectivity index (χ4n) is 2.01. The Morgan fingerprint density at radius 3 is 2.38 bits per heavy atom. The molecule has 2 unspecified atom stereocenters. The van der Waals surface area contributed by atoms with E-state index in [1.807, 2.05) is 30.3 Å². The van der Waals surface area contributed by atoms with Crippen LogP contribution in [0.4, 0.5) is 0 Å². The average Bonchev–Trinajstić information content (AvgIpc) is 2.46. The van der Waals surface area contributed by atoms with Crippen LogP contribution < -0.4 is 5.73 Å². The van der Waals surface area contributed by atoms with Crippen LogP contribution in [0, 0.1) is 5.92 Å². The molecule has 1 aromatic rings. The summed E-state index contributed by atoms with van der Waals surface area (Å²) in [5, 5.41) is 0. The maximum Gasteiger partial charge on any atom is 0.310 e. The first-order valence-corrected chi connectivity index (χ1v) is 6.58. The molecule has 0 saturated heterocycles. The highest BCUT2D eigenvalue weighted by Gasteiger charge is 2.22. The van der Waals surface area contributed by atoms with Crippen LogP contribution in [0.1, 0.15) is 12.5 Å². The number of nitrogens with zero attached hydrogens (tertiary/aromatic N) is 1. The van der Waals surface area contributed by atoms with Crippen molar-refractivity contribution < 1.29 is 14.3 Å². The minimum atomic E-state index is -0.604. The quantitative estimate of drug-likeness (QED) is 0.802. The second-order valence-corrected chi connectivity index (χ2v) is 4.94. The molecule has 2 N–H and O–H groups in total. The van der Waals surface area contributed by atoms with Gasteiger partial charge in [0.05, 0.1) is 19.1 Å². The van der Waals surface area contributed by atoms with E-state index in [1.165, 1.54) is 12.0 Å². The lowest BCUT2D eigenvalue weighted by atomic mass is 10.1. The first-order valence-electron chi connectivity index (χ1n) is 6.58. The monoisotopic (exact) mass is 314 g/mol. The van der Waals surface area contributed by atoms with Gasteiger partial charge in [0.2, 0.25) is 5.91 Å². The number of benzene rings is 1. The van der Waals surface area contributed by atoms with Gasteiger partial charge in [-0.3, -0.25) is 9.59 Å². The van der Waals surface area contributed by atoms with Crippen LogP contribution in [0.25, 0.3) is 0 Å². The van der Waals surface area contributed by atoms with Crippen LogP contribution in [0.3, 0.4) is 0 Å². The molecule has 0 aliphatic carbocycles. The molecule has 0 heterocycles. The molecular formula is C15H23ClN2O3. The fourth-order valence-corrected chi connectivity index (χ4v) is 2.01. The third kappa shape index (κ3) is 6.14. The number of hydrogen-bond acceptors (Lipinski definition) is 4. The topological polar surface area (TPSA) is 72.6 Å². The Kier molecular flexibility index (Phi) is 8.66. The predicted molar refractivity (Wildman–Crippen MR) is 84.2 cm³/mol. The SMILES string of the molecule is COC(=O)C(C)CN(C)C(=O)C(N)Cc1ccccc1.Cl. The molecule has 0 bridgehead atoms. The second-order valence-electron chi connectivity index (χ2n) is 4.94. The highest BCUT2D eigenvalue weighted by atomic mass is 35.5. The van der Waals surface area contributed by atoms with Crippen LogP contribution >= 0.6 is 12.4 Å².